The Morgan fingerprint density at radius 1 is 1.33 bits per heavy atom. The summed E-state index contributed by atoms with van der Waals surface area (Å²) in [4.78, 5) is 6.63. The van der Waals surface area contributed by atoms with Crippen molar-refractivity contribution >= 4 is 15.9 Å². The monoisotopic (exact) mass is 307 g/mol. The fraction of sp³-hybridized carbons (Fsp3) is 0.308. The predicted molar refractivity (Wildman–Crippen MR) is 72.1 cm³/mol. The van der Waals surface area contributed by atoms with Gasteiger partial charge in [-0.05, 0) is 22.0 Å². The Hall–Kier alpha value is -1.33. The molecule has 0 aliphatic carbocycles. The Bertz CT molecular complexity index is 567. The Morgan fingerprint density at radius 2 is 2.22 bits per heavy atom. The molecule has 5 heteroatoms. The van der Waals surface area contributed by atoms with E-state index in [-0.39, 0.29) is 0 Å². The van der Waals surface area contributed by atoms with Crippen LogP contribution in [0.1, 0.15) is 11.4 Å². The van der Waals surface area contributed by atoms with Crippen LogP contribution >= 0.6 is 15.9 Å². The summed E-state index contributed by atoms with van der Waals surface area (Å²) in [6, 6.07) is 5.76. The number of halogens is 1. The molecule has 0 bridgehead atoms. The zero-order valence-corrected chi connectivity index (χ0v) is 11.5. The molecule has 0 fully saturated rings. The van der Waals surface area contributed by atoms with Crippen molar-refractivity contribution in [2.24, 2.45) is 0 Å². The van der Waals surface area contributed by atoms with E-state index in [1.165, 1.54) is 0 Å². The van der Waals surface area contributed by atoms with Crippen molar-refractivity contribution in [1.29, 1.82) is 0 Å². The van der Waals surface area contributed by atoms with Gasteiger partial charge in [0.2, 0.25) is 0 Å². The van der Waals surface area contributed by atoms with Crippen molar-refractivity contribution in [1.82, 2.24) is 14.5 Å². The molecule has 0 atom stereocenters. The summed E-state index contributed by atoms with van der Waals surface area (Å²) in [5.74, 6) is 1.43. The number of nitrogens with zero attached hydrogens (tertiary/aromatic N) is 3. The Kier molecular flexibility index (Phi) is 3.09. The Balaban J connectivity index is 1.77. The van der Waals surface area contributed by atoms with E-state index in [1.54, 1.807) is 0 Å². The molecule has 1 aromatic heterocycles. The van der Waals surface area contributed by atoms with Gasteiger partial charge >= 0.3 is 0 Å². The summed E-state index contributed by atoms with van der Waals surface area (Å²) in [6.07, 6.45) is 3.86. The number of phenolic OH excluding ortho intramolecular Hbond substituents is 1. The van der Waals surface area contributed by atoms with Crippen LogP contribution in [-0.4, -0.2) is 26.1 Å². The molecule has 3 rings (SSSR count). The third-order valence-electron chi connectivity index (χ3n) is 3.29. The lowest BCUT2D eigenvalue weighted by atomic mass is 10.2. The van der Waals surface area contributed by atoms with Gasteiger partial charge in [-0.2, -0.15) is 0 Å². The zero-order valence-electron chi connectivity index (χ0n) is 9.88. The molecule has 0 saturated carbocycles. The lowest BCUT2D eigenvalue weighted by Crippen LogP contribution is -2.33. The Morgan fingerprint density at radius 3 is 3.11 bits per heavy atom. The minimum absolute atomic E-state index is 0.339. The molecule has 18 heavy (non-hydrogen) atoms. The maximum Gasteiger partial charge on any atom is 0.134 e. The second-order valence-electron chi connectivity index (χ2n) is 4.50. The molecule has 0 spiro atoms. The van der Waals surface area contributed by atoms with Gasteiger partial charge in [-0.1, -0.05) is 12.1 Å². The van der Waals surface area contributed by atoms with Crippen LogP contribution in [0.4, 0.5) is 0 Å². The standard InChI is InChI=1S/C13H14BrN3O/c14-11-3-1-2-10(13(11)18)8-16-6-7-17-5-4-15-12(17)9-16/h1-5,18H,6-9H2. The first kappa shape index (κ1) is 11.7. The van der Waals surface area contributed by atoms with E-state index >= 15 is 0 Å². The fourth-order valence-electron chi connectivity index (χ4n) is 2.29. The molecule has 2 aromatic rings. The number of aromatic hydroxyl groups is 1. The van der Waals surface area contributed by atoms with Gasteiger partial charge in [-0.15, -0.1) is 0 Å². The average Bonchev–Trinajstić information content (AvgIpc) is 2.82. The first-order chi connectivity index (χ1) is 8.74. The molecule has 0 amide bonds. The second kappa shape index (κ2) is 4.74. The number of rotatable bonds is 2. The highest BCUT2D eigenvalue weighted by Crippen LogP contribution is 2.29. The van der Waals surface area contributed by atoms with Crippen molar-refractivity contribution in [3.63, 3.8) is 0 Å². The number of benzene rings is 1. The number of imidazole rings is 1. The third-order valence-corrected chi connectivity index (χ3v) is 3.93. The fourth-order valence-corrected chi connectivity index (χ4v) is 2.69. The van der Waals surface area contributed by atoms with Crippen LogP contribution in [0.15, 0.2) is 35.1 Å². The molecule has 0 radical (unpaired) electrons. The molecule has 1 aromatic carbocycles. The first-order valence-electron chi connectivity index (χ1n) is 5.93. The molecule has 0 saturated heterocycles. The van der Waals surface area contributed by atoms with E-state index in [4.69, 9.17) is 0 Å². The summed E-state index contributed by atoms with van der Waals surface area (Å²) < 4.78 is 2.93. The summed E-state index contributed by atoms with van der Waals surface area (Å²) in [6.45, 7) is 3.52. The van der Waals surface area contributed by atoms with Crippen molar-refractivity contribution in [3.05, 3.63) is 46.5 Å². The Labute approximate surface area is 114 Å². The number of phenols is 1. The lowest BCUT2D eigenvalue weighted by Gasteiger charge is -2.27. The lowest BCUT2D eigenvalue weighted by molar-refractivity contribution is 0.206. The largest absolute Gasteiger partial charge is 0.506 e. The minimum atomic E-state index is 0.339. The predicted octanol–water partition coefficient (Wildman–Crippen LogP) is 2.37. The maximum atomic E-state index is 9.99. The summed E-state index contributed by atoms with van der Waals surface area (Å²) in [5, 5.41) is 9.99. The SMILES string of the molecule is Oc1c(Br)cccc1CN1CCn2ccnc2C1. The summed E-state index contributed by atoms with van der Waals surface area (Å²) in [7, 11) is 0. The molecule has 1 aliphatic rings. The molecule has 2 heterocycles. The highest BCUT2D eigenvalue weighted by Gasteiger charge is 2.18. The first-order valence-corrected chi connectivity index (χ1v) is 6.72. The second-order valence-corrected chi connectivity index (χ2v) is 5.35. The molecular weight excluding hydrogens is 294 g/mol. The zero-order chi connectivity index (χ0) is 12.5. The van der Waals surface area contributed by atoms with Gasteiger partial charge in [0.25, 0.3) is 0 Å². The van der Waals surface area contributed by atoms with Gasteiger partial charge in [0.1, 0.15) is 11.6 Å². The maximum absolute atomic E-state index is 9.99. The number of para-hydroxylation sites is 1. The van der Waals surface area contributed by atoms with Crippen LogP contribution in [0, 0.1) is 0 Å². The van der Waals surface area contributed by atoms with Gasteiger partial charge in [0.15, 0.2) is 0 Å². The van der Waals surface area contributed by atoms with E-state index < -0.39 is 0 Å². The van der Waals surface area contributed by atoms with Crippen LogP contribution in [0.2, 0.25) is 0 Å². The van der Waals surface area contributed by atoms with Gasteiger partial charge in [0.05, 0.1) is 11.0 Å². The van der Waals surface area contributed by atoms with E-state index in [1.807, 2.05) is 30.6 Å². The molecule has 1 aliphatic heterocycles. The average molecular weight is 308 g/mol. The molecular formula is C13H14BrN3O. The third kappa shape index (κ3) is 2.15. The topological polar surface area (TPSA) is 41.3 Å². The molecule has 0 unspecified atom stereocenters. The van der Waals surface area contributed by atoms with Gasteiger partial charge in [0, 0.05) is 37.6 Å². The van der Waals surface area contributed by atoms with Crippen molar-refractivity contribution in [3.8, 4) is 5.75 Å². The van der Waals surface area contributed by atoms with Crippen molar-refractivity contribution in [2.75, 3.05) is 6.54 Å². The van der Waals surface area contributed by atoms with E-state index in [2.05, 4.69) is 30.4 Å². The number of hydrogen-bond acceptors (Lipinski definition) is 3. The normalized spacial score (nSPS) is 15.6. The van der Waals surface area contributed by atoms with E-state index in [9.17, 15) is 5.11 Å². The van der Waals surface area contributed by atoms with Crippen molar-refractivity contribution < 1.29 is 5.11 Å². The number of hydrogen-bond donors (Lipinski definition) is 1. The molecule has 4 nitrogen and oxygen atoms in total. The summed E-state index contributed by atoms with van der Waals surface area (Å²) in [5.41, 5.74) is 0.949. The highest BCUT2D eigenvalue weighted by molar-refractivity contribution is 9.10. The van der Waals surface area contributed by atoms with Crippen LogP contribution in [-0.2, 0) is 19.6 Å². The van der Waals surface area contributed by atoms with E-state index in [0.717, 1.165) is 42.0 Å². The van der Waals surface area contributed by atoms with Gasteiger partial charge in [-0.3, -0.25) is 4.90 Å². The smallest absolute Gasteiger partial charge is 0.134 e. The number of aromatic nitrogens is 2. The van der Waals surface area contributed by atoms with E-state index in [0.29, 0.717) is 5.75 Å². The molecule has 94 valence electrons. The minimum Gasteiger partial charge on any atom is -0.506 e. The van der Waals surface area contributed by atoms with Crippen LogP contribution < -0.4 is 0 Å². The van der Waals surface area contributed by atoms with Gasteiger partial charge < -0.3 is 9.67 Å². The van der Waals surface area contributed by atoms with Crippen LogP contribution in [0.25, 0.3) is 0 Å². The van der Waals surface area contributed by atoms with Gasteiger partial charge in [-0.25, -0.2) is 4.98 Å². The molecule has 1 N–H and O–H groups in total. The van der Waals surface area contributed by atoms with Crippen LogP contribution in [0.5, 0.6) is 5.75 Å². The van der Waals surface area contributed by atoms with Crippen LogP contribution in [0.3, 0.4) is 0 Å². The summed E-state index contributed by atoms with van der Waals surface area (Å²) >= 11 is 3.35. The number of fused-ring (bicyclic) bond motifs is 1. The van der Waals surface area contributed by atoms with Crippen molar-refractivity contribution in [2.45, 2.75) is 19.6 Å². The highest BCUT2D eigenvalue weighted by atomic mass is 79.9. The quantitative estimate of drug-likeness (QED) is 0.926.